The lowest BCUT2D eigenvalue weighted by molar-refractivity contribution is 0.0164. The largest absolute Gasteiger partial charge is 0.460 e. The van der Waals surface area contributed by atoms with E-state index in [1.165, 1.54) is 0 Å². The number of hydrogen-bond acceptors (Lipinski definition) is 5. The lowest BCUT2D eigenvalue weighted by Crippen LogP contribution is -2.13. The highest BCUT2D eigenvalue weighted by molar-refractivity contribution is 5.90. The van der Waals surface area contributed by atoms with Gasteiger partial charge in [-0.1, -0.05) is 6.07 Å². The highest BCUT2D eigenvalue weighted by Gasteiger charge is 2.06. The molecule has 0 aliphatic heterocycles. The van der Waals surface area contributed by atoms with Crippen molar-refractivity contribution in [3.63, 3.8) is 0 Å². The van der Waals surface area contributed by atoms with E-state index >= 15 is 0 Å². The average Bonchev–Trinajstić information content (AvgIpc) is 2.37. The van der Waals surface area contributed by atoms with Crippen LogP contribution in [0, 0.1) is 0 Å². The lowest BCUT2D eigenvalue weighted by atomic mass is 10.2. The molecule has 0 aromatic heterocycles. The van der Waals surface area contributed by atoms with Crippen LogP contribution in [0.4, 0.5) is 5.69 Å². The minimum atomic E-state index is -0.393. The van der Waals surface area contributed by atoms with Gasteiger partial charge in [-0.2, -0.15) is 0 Å². The molecule has 0 amide bonds. The number of carbonyl (C=O) groups excluding carboxylic acids is 1. The second-order valence-electron chi connectivity index (χ2n) is 3.57. The molecule has 5 nitrogen and oxygen atoms in total. The number of nitrogens with two attached hydrogens (primary N) is 1. The second-order valence-corrected chi connectivity index (χ2v) is 3.57. The van der Waals surface area contributed by atoms with Crippen LogP contribution in [0.1, 0.15) is 17.3 Å². The summed E-state index contributed by atoms with van der Waals surface area (Å²) in [6, 6.07) is 6.67. The molecule has 0 bridgehead atoms. The fourth-order valence-corrected chi connectivity index (χ4v) is 1.31. The number of hydrogen-bond donors (Lipinski definition) is 1. The van der Waals surface area contributed by atoms with Crippen molar-refractivity contribution < 1.29 is 19.0 Å². The summed E-state index contributed by atoms with van der Waals surface area (Å²) in [7, 11) is 0. The Balaban J connectivity index is 2.14. The van der Waals surface area contributed by atoms with E-state index in [-0.39, 0.29) is 6.61 Å². The van der Waals surface area contributed by atoms with Crippen molar-refractivity contribution in [3.05, 3.63) is 29.8 Å². The summed E-state index contributed by atoms with van der Waals surface area (Å²) in [5, 5.41) is 0. The molecule has 1 aromatic rings. The van der Waals surface area contributed by atoms with Gasteiger partial charge in [0, 0.05) is 12.3 Å². The maximum atomic E-state index is 11.6. The Morgan fingerprint density at radius 3 is 2.61 bits per heavy atom. The van der Waals surface area contributed by atoms with Crippen molar-refractivity contribution in [3.8, 4) is 0 Å². The predicted octanol–water partition coefficient (Wildman–Crippen LogP) is 1.48. The molecular weight excluding hydrogens is 234 g/mol. The van der Waals surface area contributed by atoms with Crippen LogP contribution >= 0.6 is 0 Å². The average molecular weight is 253 g/mol. The van der Waals surface area contributed by atoms with E-state index in [2.05, 4.69) is 0 Å². The monoisotopic (exact) mass is 253 g/mol. The fourth-order valence-electron chi connectivity index (χ4n) is 1.31. The van der Waals surface area contributed by atoms with Crippen LogP contribution in [0.15, 0.2) is 24.3 Å². The summed E-state index contributed by atoms with van der Waals surface area (Å²) in [5.74, 6) is -0.393. The molecule has 0 aliphatic carbocycles. The first kappa shape index (κ1) is 14.5. The quantitative estimate of drug-likeness (QED) is 0.431. The number of ether oxygens (including phenoxy) is 3. The second kappa shape index (κ2) is 8.49. The third-order valence-electron chi connectivity index (χ3n) is 2.16. The van der Waals surface area contributed by atoms with E-state index in [0.717, 1.165) is 0 Å². The van der Waals surface area contributed by atoms with Gasteiger partial charge in [-0.15, -0.1) is 0 Å². The summed E-state index contributed by atoms with van der Waals surface area (Å²) in [5.41, 5.74) is 6.56. The van der Waals surface area contributed by atoms with Crippen LogP contribution in [0.25, 0.3) is 0 Å². The Morgan fingerprint density at radius 2 is 1.89 bits per heavy atom. The minimum absolute atomic E-state index is 0.222. The van der Waals surface area contributed by atoms with Gasteiger partial charge in [0.25, 0.3) is 0 Å². The Morgan fingerprint density at radius 1 is 1.17 bits per heavy atom. The van der Waals surface area contributed by atoms with Gasteiger partial charge < -0.3 is 19.9 Å². The van der Waals surface area contributed by atoms with Crippen molar-refractivity contribution in [2.75, 3.05) is 38.8 Å². The van der Waals surface area contributed by atoms with Crippen molar-refractivity contribution in [1.82, 2.24) is 0 Å². The number of rotatable bonds is 8. The van der Waals surface area contributed by atoms with Crippen LogP contribution in [-0.4, -0.2) is 39.0 Å². The molecule has 100 valence electrons. The summed E-state index contributed by atoms with van der Waals surface area (Å²) < 4.78 is 15.3. The zero-order valence-corrected chi connectivity index (χ0v) is 10.6. The molecule has 2 N–H and O–H groups in total. The van der Waals surface area contributed by atoms with Gasteiger partial charge in [0.05, 0.1) is 25.4 Å². The lowest BCUT2D eigenvalue weighted by Gasteiger charge is -2.06. The first-order valence-corrected chi connectivity index (χ1v) is 5.92. The summed E-state index contributed by atoms with van der Waals surface area (Å²) in [4.78, 5) is 11.6. The maximum absolute atomic E-state index is 11.6. The van der Waals surface area contributed by atoms with Crippen LogP contribution in [0.5, 0.6) is 0 Å². The highest BCUT2D eigenvalue weighted by Crippen LogP contribution is 2.07. The Kier molecular flexibility index (Phi) is 6.83. The standard InChI is InChI=1S/C13H19NO4/c1-2-16-6-7-17-8-9-18-13(15)11-4-3-5-12(14)10-11/h3-5,10H,2,6-9,14H2,1H3. The molecule has 0 aliphatic rings. The van der Waals surface area contributed by atoms with Gasteiger partial charge in [0.2, 0.25) is 0 Å². The number of anilines is 1. The van der Waals surface area contributed by atoms with Crippen LogP contribution in [0.2, 0.25) is 0 Å². The molecule has 1 rings (SSSR count). The first-order chi connectivity index (χ1) is 8.74. The highest BCUT2D eigenvalue weighted by atomic mass is 16.6. The molecular formula is C13H19NO4. The zero-order chi connectivity index (χ0) is 13.2. The van der Waals surface area contributed by atoms with Crippen LogP contribution < -0.4 is 5.73 Å². The van der Waals surface area contributed by atoms with Crippen LogP contribution in [-0.2, 0) is 14.2 Å². The molecule has 0 spiro atoms. The first-order valence-electron chi connectivity index (χ1n) is 5.92. The van der Waals surface area contributed by atoms with Crippen molar-refractivity contribution in [2.45, 2.75) is 6.92 Å². The van der Waals surface area contributed by atoms with Crippen molar-refractivity contribution in [1.29, 1.82) is 0 Å². The number of esters is 1. The van der Waals surface area contributed by atoms with Crippen molar-refractivity contribution in [2.24, 2.45) is 0 Å². The van der Waals surface area contributed by atoms with E-state index in [0.29, 0.717) is 37.7 Å². The smallest absolute Gasteiger partial charge is 0.338 e. The van der Waals surface area contributed by atoms with Gasteiger partial charge >= 0.3 is 5.97 Å². The summed E-state index contributed by atoms with van der Waals surface area (Å²) >= 11 is 0. The van der Waals surface area contributed by atoms with Gasteiger partial charge in [-0.25, -0.2) is 4.79 Å². The summed E-state index contributed by atoms with van der Waals surface area (Å²) in [6.45, 7) is 4.24. The molecule has 0 saturated carbocycles. The third kappa shape index (κ3) is 5.65. The maximum Gasteiger partial charge on any atom is 0.338 e. The molecule has 0 unspecified atom stereocenters. The van der Waals surface area contributed by atoms with Gasteiger partial charge in [-0.3, -0.25) is 0 Å². The number of nitrogen functional groups attached to an aromatic ring is 1. The topological polar surface area (TPSA) is 70.8 Å². The van der Waals surface area contributed by atoms with Gasteiger partial charge in [-0.05, 0) is 25.1 Å². The molecule has 0 radical (unpaired) electrons. The number of benzene rings is 1. The Hall–Kier alpha value is -1.59. The van der Waals surface area contributed by atoms with E-state index < -0.39 is 5.97 Å². The molecule has 18 heavy (non-hydrogen) atoms. The molecule has 0 atom stereocenters. The molecule has 0 fully saturated rings. The fraction of sp³-hybridized carbons (Fsp3) is 0.462. The van der Waals surface area contributed by atoms with Gasteiger partial charge in [0.15, 0.2) is 0 Å². The number of carbonyl (C=O) groups is 1. The Bertz CT molecular complexity index is 368. The summed E-state index contributed by atoms with van der Waals surface area (Å²) in [6.07, 6.45) is 0. The normalized spacial score (nSPS) is 10.3. The van der Waals surface area contributed by atoms with E-state index in [9.17, 15) is 4.79 Å². The predicted molar refractivity (Wildman–Crippen MR) is 68.4 cm³/mol. The molecule has 0 heterocycles. The van der Waals surface area contributed by atoms with Crippen molar-refractivity contribution >= 4 is 11.7 Å². The van der Waals surface area contributed by atoms with E-state index in [1.807, 2.05) is 6.92 Å². The molecule has 5 heteroatoms. The molecule has 1 aromatic carbocycles. The SMILES string of the molecule is CCOCCOCCOC(=O)c1cccc(N)c1. The third-order valence-corrected chi connectivity index (χ3v) is 2.16. The zero-order valence-electron chi connectivity index (χ0n) is 10.6. The molecule has 0 saturated heterocycles. The van der Waals surface area contributed by atoms with Gasteiger partial charge in [0.1, 0.15) is 6.61 Å². The van der Waals surface area contributed by atoms with Crippen LogP contribution in [0.3, 0.4) is 0 Å². The minimum Gasteiger partial charge on any atom is -0.460 e. The van der Waals surface area contributed by atoms with E-state index in [4.69, 9.17) is 19.9 Å². The van der Waals surface area contributed by atoms with E-state index in [1.54, 1.807) is 24.3 Å². The Labute approximate surface area is 107 Å².